The molecule has 460 valence electrons. The van der Waals surface area contributed by atoms with E-state index in [0.717, 1.165) is 51.4 Å². The van der Waals surface area contributed by atoms with Gasteiger partial charge in [0.05, 0.1) is 25.4 Å². The van der Waals surface area contributed by atoms with Crippen LogP contribution in [0, 0.1) is 0 Å². The number of aliphatic hydroxyl groups is 2. The Morgan fingerprint density at radius 2 is 0.641 bits per heavy atom. The van der Waals surface area contributed by atoms with E-state index in [-0.39, 0.29) is 18.5 Å². The van der Waals surface area contributed by atoms with Gasteiger partial charge in [-0.05, 0) is 83.5 Å². The van der Waals surface area contributed by atoms with Gasteiger partial charge < -0.3 is 20.3 Å². The summed E-state index contributed by atoms with van der Waals surface area (Å²) in [5, 5.41) is 23.4. The van der Waals surface area contributed by atoms with Crippen LogP contribution in [0.4, 0.5) is 0 Å². The Balaban J connectivity index is 3.42. The molecule has 6 heteroatoms. The molecule has 0 aliphatic carbocycles. The van der Waals surface area contributed by atoms with Crippen molar-refractivity contribution in [3.05, 3.63) is 36.5 Å². The average Bonchev–Trinajstić information content (AvgIpc) is 3.44. The van der Waals surface area contributed by atoms with E-state index in [2.05, 4.69) is 55.6 Å². The van der Waals surface area contributed by atoms with Crippen molar-refractivity contribution >= 4 is 11.9 Å². The second-order valence-corrected chi connectivity index (χ2v) is 24.2. The zero-order chi connectivity index (χ0) is 56.4. The summed E-state index contributed by atoms with van der Waals surface area (Å²) in [6.07, 6.45) is 86.1. The first kappa shape index (κ1) is 76.1. The minimum absolute atomic E-state index is 0.00374. The molecule has 0 saturated heterocycles. The SMILES string of the molecule is CCCCCCCCC/C=C\CCCCCCCC(=O)OCCCCCCCCCCC/C=C\C/C=C\CCCCCCCCCCCCCC(=O)NC(CO)C(O)CCCCCCCCCCCCCCCCCCCC. The predicted octanol–water partition coefficient (Wildman–Crippen LogP) is 22.7. The number of hydrogen-bond acceptors (Lipinski definition) is 5. The van der Waals surface area contributed by atoms with Gasteiger partial charge in [0.1, 0.15) is 0 Å². The molecule has 0 spiro atoms. The lowest BCUT2D eigenvalue weighted by molar-refractivity contribution is -0.143. The monoisotopic (exact) mass is 1100 g/mol. The number of esters is 1. The van der Waals surface area contributed by atoms with E-state index in [1.54, 1.807) is 0 Å². The molecular weight excluding hydrogens is 959 g/mol. The fourth-order valence-electron chi connectivity index (χ4n) is 11.0. The van der Waals surface area contributed by atoms with Crippen LogP contribution in [0.1, 0.15) is 386 Å². The van der Waals surface area contributed by atoms with Gasteiger partial charge >= 0.3 is 5.97 Å². The van der Waals surface area contributed by atoms with Crippen LogP contribution in [-0.4, -0.2) is 47.4 Å². The third-order valence-electron chi connectivity index (χ3n) is 16.4. The Morgan fingerprint density at radius 1 is 0.359 bits per heavy atom. The number of amides is 1. The molecule has 0 aromatic heterocycles. The summed E-state index contributed by atoms with van der Waals surface area (Å²) in [6.45, 7) is 4.97. The molecule has 1 amide bonds. The number of hydrogen-bond donors (Lipinski definition) is 3. The Morgan fingerprint density at radius 3 is 0.987 bits per heavy atom. The molecule has 0 aliphatic heterocycles. The molecule has 0 saturated carbocycles. The Hall–Kier alpha value is -1.92. The van der Waals surface area contributed by atoms with Crippen molar-refractivity contribution in [1.29, 1.82) is 0 Å². The van der Waals surface area contributed by atoms with E-state index >= 15 is 0 Å². The van der Waals surface area contributed by atoms with Crippen LogP contribution < -0.4 is 5.32 Å². The summed E-state index contributed by atoms with van der Waals surface area (Å²) >= 11 is 0. The number of aliphatic hydroxyl groups excluding tert-OH is 2. The number of rotatable bonds is 66. The van der Waals surface area contributed by atoms with Crippen LogP contribution in [0.2, 0.25) is 0 Å². The van der Waals surface area contributed by atoms with Crippen LogP contribution >= 0.6 is 0 Å². The molecule has 0 bridgehead atoms. The van der Waals surface area contributed by atoms with Gasteiger partial charge in [-0.25, -0.2) is 0 Å². The van der Waals surface area contributed by atoms with Crippen molar-refractivity contribution in [2.75, 3.05) is 13.2 Å². The van der Waals surface area contributed by atoms with E-state index in [1.807, 2.05) is 0 Å². The van der Waals surface area contributed by atoms with Crippen molar-refractivity contribution in [2.24, 2.45) is 0 Å². The maximum atomic E-state index is 12.5. The smallest absolute Gasteiger partial charge is 0.305 e. The number of unbranched alkanes of at least 4 members (excludes halogenated alkanes) is 49. The number of nitrogens with one attached hydrogen (secondary N) is 1. The number of carbonyl (C=O) groups excluding carboxylic acids is 2. The third-order valence-corrected chi connectivity index (χ3v) is 16.4. The normalized spacial score (nSPS) is 12.7. The zero-order valence-corrected chi connectivity index (χ0v) is 52.7. The van der Waals surface area contributed by atoms with Gasteiger partial charge in [0.15, 0.2) is 0 Å². The van der Waals surface area contributed by atoms with E-state index in [1.165, 1.54) is 302 Å². The second kappa shape index (κ2) is 67.6. The van der Waals surface area contributed by atoms with Crippen molar-refractivity contribution < 1.29 is 24.5 Å². The third kappa shape index (κ3) is 63.3. The topological polar surface area (TPSA) is 95.9 Å². The summed E-state index contributed by atoms with van der Waals surface area (Å²) in [5.74, 6) is -0.0313. The maximum Gasteiger partial charge on any atom is 0.305 e. The second-order valence-electron chi connectivity index (χ2n) is 24.2. The van der Waals surface area contributed by atoms with Crippen molar-refractivity contribution in [1.82, 2.24) is 5.32 Å². The molecule has 3 N–H and O–H groups in total. The van der Waals surface area contributed by atoms with Crippen LogP contribution in [0.3, 0.4) is 0 Å². The maximum absolute atomic E-state index is 12.5. The molecule has 0 radical (unpaired) electrons. The standard InChI is InChI=1S/C72H137NO5/c1-3-5-7-9-11-13-15-17-19-21-33-36-40-44-48-52-56-60-64-70(75)69(68-74)73-71(76)65-61-57-53-49-45-41-37-34-31-29-27-25-23-22-24-26-28-30-32-35-39-43-47-51-55-59-63-67-78-72(77)66-62-58-54-50-46-42-38-20-18-16-14-12-10-8-6-4-2/h20,22-23,26,28,38,69-70,74-75H,3-19,21,24-25,27,29-37,39-68H2,1-2H3,(H,73,76)/b23-22-,28-26-,38-20-. The molecule has 0 rings (SSSR count). The van der Waals surface area contributed by atoms with Crippen LogP contribution in [-0.2, 0) is 14.3 Å². The van der Waals surface area contributed by atoms with Gasteiger partial charge in [-0.1, -0.05) is 326 Å². The summed E-state index contributed by atoms with van der Waals surface area (Å²) < 4.78 is 5.49. The molecule has 0 aromatic carbocycles. The van der Waals surface area contributed by atoms with Crippen LogP contribution in [0.15, 0.2) is 36.5 Å². The van der Waals surface area contributed by atoms with Crippen LogP contribution in [0.5, 0.6) is 0 Å². The summed E-state index contributed by atoms with van der Waals surface area (Å²) in [5.41, 5.74) is 0. The Kier molecular flexibility index (Phi) is 65.9. The van der Waals surface area contributed by atoms with Crippen molar-refractivity contribution in [3.63, 3.8) is 0 Å². The quantitative estimate of drug-likeness (QED) is 0.0320. The molecule has 0 aliphatic rings. The average molecular weight is 1100 g/mol. The predicted molar refractivity (Wildman–Crippen MR) is 343 cm³/mol. The lowest BCUT2D eigenvalue weighted by atomic mass is 10.0. The molecule has 2 atom stereocenters. The van der Waals surface area contributed by atoms with Gasteiger partial charge in [0.25, 0.3) is 0 Å². The van der Waals surface area contributed by atoms with Crippen molar-refractivity contribution in [2.45, 2.75) is 398 Å². The number of carbonyl (C=O) groups is 2. The molecule has 0 heterocycles. The zero-order valence-electron chi connectivity index (χ0n) is 52.7. The molecule has 0 aromatic rings. The lowest BCUT2D eigenvalue weighted by Gasteiger charge is -2.22. The molecule has 6 nitrogen and oxygen atoms in total. The highest BCUT2D eigenvalue weighted by molar-refractivity contribution is 5.76. The minimum atomic E-state index is -0.667. The molecule has 78 heavy (non-hydrogen) atoms. The van der Waals surface area contributed by atoms with Gasteiger partial charge in [-0.15, -0.1) is 0 Å². The summed E-state index contributed by atoms with van der Waals surface area (Å²) in [4.78, 5) is 24.6. The van der Waals surface area contributed by atoms with Gasteiger partial charge in [0, 0.05) is 12.8 Å². The number of allylic oxidation sites excluding steroid dienone is 6. The fourth-order valence-corrected chi connectivity index (χ4v) is 11.0. The molecule has 0 fully saturated rings. The highest BCUT2D eigenvalue weighted by Gasteiger charge is 2.20. The largest absolute Gasteiger partial charge is 0.466 e. The first-order valence-corrected chi connectivity index (χ1v) is 35.2. The van der Waals surface area contributed by atoms with E-state index < -0.39 is 12.1 Å². The highest BCUT2D eigenvalue weighted by atomic mass is 16.5. The van der Waals surface area contributed by atoms with Crippen LogP contribution in [0.25, 0.3) is 0 Å². The summed E-state index contributed by atoms with van der Waals surface area (Å²) in [6, 6.07) is -0.545. The number of ether oxygens (including phenoxy) is 1. The van der Waals surface area contributed by atoms with Gasteiger partial charge in [0.2, 0.25) is 5.91 Å². The highest BCUT2D eigenvalue weighted by Crippen LogP contribution is 2.18. The van der Waals surface area contributed by atoms with Gasteiger partial charge in [-0.2, -0.15) is 0 Å². The first-order valence-electron chi connectivity index (χ1n) is 35.2. The van der Waals surface area contributed by atoms with E-state index in [0.29, 0.717) is 25.9 Å². The van der Waals surface area contributed by atoms with E-state index in [4.69, 9.17) is 4.74 Å². The molecule has 2 unspecified atom stereocenters. The first-order chi connectivity index (χ1) is 38.5. The van der Waals surface area contributed by atoms with Gasteiger partial charge in [-0.3, -0.25) is 9.59 Å². The summed E-state index contributed by atoms with van der Waals surface area (Å²) in [7, 11) is 0. The Bertz CT molecular complexity index is 1260. The minimum Gasteiger partial charge on any atom is -0.466 e. The van der Waals surface area contributed by atoms with Crippen molar-refractivity contribution in [3.8, 4) is 0 Å². The molecular formula is C72H137NO5. The lowest BCUT2D eigenvalue weighted by Crippen LogP contribution is -2.45. The van der Waals surface area contributed by atoms with E-state index in [9.17, 15) is 19.8 Å². The fraction of sp³-hybridized carbons (Fsp3) is 0.889. The Labute approximate surface area is 487 Å².